The van der Waals surface area contributed by atoms with Gasteiger partial charge in [-0.1, -0.05) is 12.1 Å². The van der Waals surface area contributed by atoms with Crippen LogP contribution in [0.3, 0.4) is 0 Å². The van der Waals surface area contributed by atoms with Crippen LogP contribution in [0.5, 0.6) is 0 Å². The highest BCUT2D eigenvalue weighted by atomic mass is 32.1. The molecular formula is C14H11N3O3S. The summed E-state index contributed by atoms with van der Waals surface area (Å²) < 4.78 is 1.61. The lowest BCUT2D eigenvalue weighted by molar-refractivity contribution is 0.0696. The minimum atomic E-state index is -1.32. The lowest BCUT2D eigenvalue weighted by Gasteiger charge is -2.15. The monoisotopic (exact) mass is 301 g/mol. The number of carboxylic acids is 1. The van der Waals surface area contributed by atoms with E-state index in [-0.39, 0.29) is 5.82 Å². The maximum absolute atomic E-state index is 12.3. The third-order valence-corrected chi connectivity index (χ3v) is 3.97. The van der Waals surface area contributed by atoms with Crippen molar-refractivity contribution in [3.63, 3.8) is 0 Å². The smallest absolute Gasteiger partial charge is 0.343 e. The van der Waals surface area contributed by atoms with Crippen LogP contribution in [0.2, 0.25) is 0 Å². The van der Waals surface area contributed by atoms with E-state index in [1.807, 2.05) is 5.38 Å². The number of pyridine rings is 1. The summed E-state index contributed by atoms with van der Waals surface area (Å²) in [6, 6.07) is 6.81. The van der Waals surface area contributed by atoms with Crippen LogP contribution in [0.25, 0.3) is 10.9 Å². The molecule has 0 aliphatic rings. The lowest BCUT2D eigenvalue weighted by Crippen LogP contribution is -2.23. The fraction of sp³-hybridized carbons (Fsp3) is 0.0714. The van der Waals surface area contributed by atoms with Crippen LogP contribution in [0, 0.1) is 0 Å². The Labute approximate surface area is 123 Å². The molecule has 21 heavy (non-hydrogen) atoms. The van der Waals surface area contributed by atoms with Crippen LogP contribution in [0.15, 0.2) is 40.6 Å². The van der Waals surface area contributed by atoms with E-state index >= 15 is 0 Å². The number of aromatic carboxylic acids is 1. The molecule has 0 bridgehead atoms. The average molecular weight is 301 g/mol. The molecule has 2 aromatic heterocycles. The van der Waals surface area contributed by atoms with Gasteiger partial charge in [0.05, 0.1) is 12.1 Å². The summed E-state index contributed by atoms with van der Waals surface area (Å²) in [5, 5.41) is 12.2. The molecule has 3 rings (SSSR count). The minimum Gasteiger partial charge on any atom is -0.477 e. The van der Waals surface area contributed by atoms with Gasteiger partial charge in [-0.15, -0.1) is 11.3 Å². The van der Waals surface area contributed by atoms with E-state index in [9.17, 15) is 14.7 Å². The van der Waals surface area contributed by atoms with Gasteiger partial charge in [0.15, 0.2) is 0 Å². The summed E-state index contributed by atoms with van der Waals surface area (Å²) in [5.74, 6) is -1.38. The Balaban J connectivity index is 2.36. The number of hydrogen-bond acceptors (Lipinski definition) is 5. The molecule has 1 aromatic carbocycles. The molecule has 0 spiro atoms. The first-order valence-electron chi connectivity index (χ1n) is 6.12. The van der Waals surface area contributed by atoms with E-state index in [1.54, 1.807) is 35.0 Å². The number of hydrogen-bond donors (Lipinski definition) is 2. The van der Waals surface area contributed by atoms with Crippen molar-refractivity contribution in [2.24, 2.45) is 0 Å². The van der Waals surface area contributed by atoms with Gasteiger partial charge in [-0.3, -0.25) is 4.79 Å². The molecule has 0 aliphatic carbocycles. The second-order valence-corrected chi connectivity index (χ2v) is 5.40. The Morgan fingerprint density at radius 1 is 1.38 bits per heavy atom. The first-order valence-corrected chi connectivity index (χ1v) is 7.00. The minimum absolute atomic E-state index is 0.0543. The van der Waals surface area contributed by atoms with Crippen LogP contribution < -0.4 is 11.2 Å². The first kappa shape index (κ1) is 13.3. The van der Waals surface area contributed by atoms with Gasteiger partial charge in [-0.25, -0.2) is 9.78 Å². The Kier molecular flexibility index (Phi) is 3.19. The van der Waals surface area contributed by atoms with Crippen LogP contribution in [-0.4, -0.2) is 20.6 Å². The predicted molar refractivity (Wildman–Crippen MR) is 80.8 cm³/mol. The van der Waals surface area contributed by atoms with Crippen molar-refractivity contribution in [3.05, 3.63) is 56.6 Å². The second-order valence-electron chi connectivity index (χ2n) is 4.42. The molecule has 106 valence electrons. The number of benzene rings is 1. The molecule has 3 aromatic rings. The van der Waals surface area contributed by atoms with E-state index in [1.165, 1.54) is 11.3 Å². The van der Waals surface area contributed by atoms with Gasteiger partial charge in [0, 0.05) is 17.0 Å². The number of nitrogen functional groups attached to an aromatic ring is 1. The number of nitrogens with two attached hydrogens (primary N) is 1. The number of rotatable bonds is 3. The molecule has 6 nitrogen and oxygen atoms in total. The largest absolute Gasteiger partial charge is 0.477 e. The quantitative estimate of drug-likeness (QED) is 0.768. The summed E-state index contributed by atoms with van der Waals surface area (Å²) in [5.41, 5.74) is 5.56. The van der Waals surface area contributed by atoms with E-state index < -0.39 is 17.0 Å². The summed E-state index contributed by atoms with van der Waals surface area (Å²) in [6.07, 6.45) is 1.67. The second kappa shape index (κ2) is 5.02. The van der Waals surface area contributed by atoms with E-state index in [4.69, 9.17) is 5.73 Å². The number of anilines is 1. The number of para-hydroxylation sites is 1. The molecular weight excluding hydrogens is 290 g/mol. The summed E-state index contributed by atoms with van der Waals surface area (Å²) in [6.45, 7) is 0.324. The van der Waals surface area contributed by atoms with Gasteiger partial charge in [-0.2, -0.15) is 0 Å². The first-order chi connectivity index (χ1) is 10.1. The Bertz CT molecular complexity index is 884. The van der Waals surface area contributed by atoms with Gasteiger partial charge < -0.3 is 15.4 Å². The SMILES string of the molecule is Nc1c(C(=O)O)c(=O)c2ccccc2n1Cc1nccs1. The Morgan fingerprint density at radius 2 is 2.14 bits per heavy atom. The van der Waals surface area contributed by atoms with Gasteiger partial charge in [-0.05, 0) is 12.1 Å². The molecule has 0 saturated heterocycles. The normalized spacial score (nSPS) is 10.9. The maximum Gasteiger partial charge on any atom is 0.343 e. The van der Waals surface area contributed by atoms with E-state index in [0.717, 1.165) is 5.01 Å². The number of carboxylic acid groups (broad SMARTS) is 1. The zero-order valence-corrected chi connectivity index (χ0v) is 11.6. The molecule has 0 radical (unpaired) electrons. The van der Waals surface area contributed by atoms with Crippen LogP contribution in [0.4, 0.5) is 5.82 Å². The third-order valence-electron chi connectivity index (χ3n) is 3.20. The maximum atomic E-state index is 12.3. The third kappa shape index (κ3) is 2.17. The zero-order valence-electron chi connectivity index (χ0n) is 10.8. The fourth-order valence-corrected chi connectivity index (χ4v) is 2.86. The number of thiazole rings is 1. The van der Waals surface area contributed by atoms with Crippen molar-refractivity contribution in [1.82, 2.24) is 9.55 Å². The van der Waals surface area contributed by atoms with Gasteiger partial charge >= 0.3 is 5.97 Å². The molecule has 0 atom stereocenters. The van der Waals surface area contributed by atoms with Crippen LogP contribution in [0.1, 0.15) is 15.4 Å². The van der Waals surface area contributed by atoms with Crippen molar-refractivity contribution in [1.29, 1.82) is 0 Å². The number of carbonyl (C=O) groups is 1. The highest BCUT2D eigenvalue weighted by Gasteiger charge is 2.20. The Morgan fingerprint density at radius 3 is 2.81 bits per heavy atom. The van der Waals surface area contributed by atoms with E-state index in [0.29, 0.717) is 17.4 Å². The number of aromatic nitrogens is 2. The van der Waals surface area contributed by atoms with E-state index in [2.05, 4.69) is 4.98 Å². The summed E-state index contributed by atoms with van der Waals surface area (Å²) in [7, 11) is 0. The fourth-order valence-electron chi connectivity index (χ4n) is 2.26. The highest BCUT2D eigenvalue weighted by molar-refractivity contribution is 7.09. The van der Waals surface area contributed by atoms with Crippen LogP contribution in [-0.2, 0) is 6.54 Å². The molecule has 0 amide bonds. The zero-order chi connectivity index (χ0) is 15.0. The van der Waals surface area contributed by atoms with Crippen molar-refractivity contribution in [2.45, 2.75) is 6.54 Å². The summed E-state index contributed by atoms with van der Waals surface area (Å²) in [4.78, 5) is 27.8. The Hall–Kier alpha value is -2.67. The highest BCUT2D eigenvalue weighted by Crippen LogP contribution is 2.20. The van der Waals surface area contributed by atoms with Crippen molar-refractivity contribution in [3.8, 4) is 0 Å². The van der Waals surface area contributed by atoms with Crippen molar-refractivity contribution in [2.75, 3.05) is 5.73 Å². The van der Waals surface area contributed by atoms with Gasteiger partial charge in [0.25, 0.3) is 0 Å². The van der Waals surface area contributed by atoms with Crippen molar-refractivity contribution < 1.29 is 9.90 Å². The van der Waals surface area contributed by atoms with Crippen LogP contribution >= 0.6 is 11.3 Å². The molecule has 3 N–H and O–H groups in total. The average Bonchev–Trinajstić information content (AvgIpc) is 2.96. The molecule has 0 fully saturated rings. The lowest BCUT2D eigenvalue weighted by atomic mass is 10.1. The number of nitrogens with zero attached hydrogens (tertiary/aromatic N) is 2. The van der Waals surface area contributed by atoms with Gasteiger partial charge in [0.1, 0.15) is 16.4 Å². The molecule has 7 heteroatoms. The number of fused-ring (bicyclic) bond motifs is 1. The topological polar surface area (TPSA) is 98.2 Å². The molecule has 0 aliphatic heterocycles. The molecule has 2 heterocycles. The van der Waals surface area contributed by atoms with Gasteiger partial charge in [0.2, 0.25) is 5.43 Å². The van der Waals surface area contributed by atoms with Crippen molar-refractivity contribution >= 4 is 34.0 Å². The standard InChI is InChI=1S/C14H11N3O3S/c15-13-11(14(19)20)12(18)8-3-1-2-4-9(8)17(13)7-10-16-5-6-21-10/h1-6H,7,15H2,(H,19,20). The molecule has 0 unspecified atom stereocenters. The predicted octanol–water partition coefficient (Wildman–Crippen LogP) is 1.79. The summed E-state index contributed by atoms with van der Waals surface area (Å²) >= 11 is 1.44. The molecule has 0 saturated carbocycles.